The Morgan fingerprint density at radius 1 is 1.16 bits per heavy atom. The van der Waals surface area contributed by atoms with Crippen LogP contribution < -0.4 is 10.5 Å². The van der Waals surface area contributed by atoms with Crippen molar-refractivity contribution in [3.05, 3.63) is 65.2 Å². The average molecular weight is 367 g/mol. The van der Waals surface area contributed by atoms with E-state index in [9.17, 15) is 13.2 Å². The summed E-state index contributed by atoms with van der Waals surface area (Å²) in [5.74, 6) is 0.322. The van der Waals surface area contributed by atoms with Crippen molar-refractivity contribution < 1.29 is 17.9 Å². The van der Waals surface area contributed by atoms with Gasteiger partial charge in [-0.25, -0.2) is 0 Å². The van der Waals surface area contributed by atoms with Gasteiger partial charge in [-0.1, -0.05) is 48.2 Å². The first-order valence-corrected chi connectivity index (χ1v) is 8.18. The minimum absolute atomic E-state index is 0.168. The van der Waals surface area contributed by atoms with Crippen LogP contribution in [0.4, 0.5) is 13.2 Å². The Bertz CT molecular complexity index is 761. The standard InChI is InChI=1S/C17H16F3N3OS/c1-24-15-13(8-5-9-14(15)17(18,19)20)10-22-23-16(21)25-11-12-6-3-2-4-7-12/h2-10H,11H2,1H3,(H2,21,23). The summed E-state index contributed by atoms with van der Waals surface area (Å²) in [6, 6.07) is 13.4. The second-order valence-electron chi connectivity index (χ2n) is 4.88. The Morgan fingerprint density at radius 3 is 2.52 bits per heavy atom. The van der Waals surface area contributed by atoms with Crippen molar-refractivity contribution in [2.75, 3.05) is 7.11 Å². The third kappa shape index (κ3) is 5.53. The normalized spacial score (nSPS) is 12.6. The van der Waals surface area contributed by atoms with Crippen LogP contribution in [0, 0.1) is 0 Å². The van der Waals surface area contributed by atoms with Crippen molar-refractivity contribution in [2.24, 2.45) is 15.9 Å². The lowest BCUT2D eigenvalue weighted by atomic mass is 10.1. The number of benzene rings is 2. The first-order valence-electron chi connectivity index (χ1n) is 7.19. The van der Waals surface area contributed by atoms with E-state index in [2.05, 4.69) is 10.2 Å². The van der Waals surface area contributed by atoms with Crippen LogP contribution in [0.5, 0.6) is 5.75 Å². The van der Waals surface area contributed by atoms with E-state index in [0.29, 0.717) is 5.75 Å². The Balaban J connectivity index is 2.08. The Hall–Kier alpha value is -2.48. The number of methoxy groups -OCH3 is 1. The maximum Gasteiger partial charge on any atom is 0.419 e. The van der Waals surface area contributed by atoms with Crippen LogP contribution in [0.1, 0.15) is 16.7 Å². The summed E-state index contributed by atoms with van der Waals surface area (Å²) in [7, 11) is 1.18. The van der Waals surface area contributed by atoms with E-state index in [4.69, 9.17) is 10.5 Å². The molecule has 0 amide bonds. The van der Waals surface area contributed by atoms with Crippen LogP contribution in [-0.2, 0) is 11.9 Å². The molecule has 0 heterocycles. The fourth-order valence-corrected chi connectivity index (χ4v) is 2.63. The first-order chi connectivity index (χ1) is 11.9. The first kappa shape index (κ1) is 18.9. The van der Waals surface area contributed by atoms with E-state index in [1.807, 2.05) is 30.3 Å². The molecule has 0 spiro atoms. The van der Waals surface area contributed by atoms with Gasteiger partial charge in [0.25, 0.3) is 0 Å². The van der Waals surface area contributed by atoms with Gasteiger partial charge in [-0.2, -0.15) is 18.3 Å². The van der Waals surface area contributed by atoms with Crippen molar-refractivity contribution in [1.82, 2.24) is 0 Å². The van der Waals surface area contributed by atoms with Gasteiger partial charge in [-0.05, 0) is 17.7 Å². The molecule has 0 fully saturated rings. The number of nitrogens with two attached hydrogens (primary N) is 1. The SMILES string of the molecule is COc1c(C=NN=C(N)SCc2ccccc2)cccc1C(F)(F)F. The van der Waals surface area contributed by atoms with E-state index in [1.54, 1.807) is 0 Å². The van der Waals surface area contributed by atoms with Crippen molar-refractivity contribution in [3.63, 3.8) is 0 Å². The zero-order chi connectivity index (χ0) is 18.3. The summed E-state index contributed by atoms with van der Waals surface area (Å²) >= 11 is 1.28. The van der Waals surface area contributed by atoms with E-state index in [0.717, 1.165) is 11.6 Å². The molecule has 2 aromatic rings. The molecule has 0 aliphatic rings. The van der Waals surface area contributed by atoms with Crippen molar-refractivity contribution in [3.8, 4) is 5.75 Å². The monoisotopic (exact) mass is 367 g/mol. The lowest BCUT2D eigenvalue weighted by Crippen LogP contribution is -2.09. The molecule has 0 saturated heterocycles. The minimum Gasteiger partial charge on any atom is -0.495 e. The molecule has 8 heteroatoms. The predicted octanol–water partition coefficient (Wildman–Crippen LogP) is 4.30. The van der Waals surface area contributed by atoms with Gasteiger partial charge in [0, 0.05) is 11.3 Å². The highest BCUT2D eigenvalue weighted by atomic mass is 32.2. The summed E-state index contributed by atoms with van der Waals surface area (Å²) in [6.45, 7) is 0. The number of ether oxygens (including phenoxy) is 1. The number of amidine groups is 1. The molecule has 0 radical (unpaired) electrons. The van der Waals surface area contributed by atoms with Gasteiger partial charge in [0.2, 0.25) is 0 Å². The highest BCUT2D eigenvalue weighted by Gasteiger charge is 2.34. The fraction of sp³-hybridized carbons (Fsp3) is 0.176. The number of nitrogens with zero attached hydrogens (tertiary/aromatic N) is 2. The number of hydrogen-bond acceptors (Lipinski definition) is 4. The summed E-state index contributed by atoms with van der Waals surface area (Å²) in [5, 5.41) is 7.76. The van der Waals surface area contributed by atoms with Crippen molar-refractivity contribution in [1.29, 1.82) is 0 Å². The molecule has 0 bridgehead atoms. The van der Waals surface area contributed by atoms with Gasteiger partial charge in [0.05, 0.1) is 18.9 Å². The van der Waals surface area contributed by atoms with Crippen LogP contribution in [0.25, 0.3) is 0 Å². The second kappa shape index (κ2) is 8.57. The molecule has 2 rings (SSSR count). The maximum atomic E-state index is 13.0. The second-order valence-corrected chi connectivity index (χ2v) is 5.88. The van der Waals surface area contributed by atoms with Crippen molar-refractivity contribution in [2.45, 2.75) is 11.9 Å². The number of rotatable bonds is 5. The van der Waals surface area contributed by atoms with Crippen LogP contribution >= 0.6 is 11.8 Å². The van der Waals surface area contributed by atoms with Gasteiger partial charge in [0.15, 0.2) is 5.17 Å². The number of para-hydroxylation sites is 1. The van der Waals surface area contributed by atoms with E-state index < -0.39 is 11.7 Å². The number of halogens is 3. The molecule has 0 unspecified atom stereocenters. The van der Waals surface area contributed by atoms with Gasteiger partial charge in [0.1, 0.15) is 5.75 Å². The quantitative estimate of drug-likeness (QED) is 0.487. The summed E-state index contributed by atoms with van der Waals surface area (Å²) in [6.07, 6.45) is -3.33. The molecular formula is C17H16F3N3OS. The fourth-order valence-electron chi connectivity index (χ4n) is 2.02. The molecule has 25 heavy (non-hydrogen) atoms. The Labute approximate surface area is 147 Å². The predicted molar refractivity (Wildman–Crippen MR) is 94.9 cm³/mol. The zero-order valence-corrected chi connectivity index (χ0v) is 14.1. The molecule has 2 aromatic carbocycles. The third-order valence-corrected chi connectivity index (χ3v) is 3.99. The topological polar surface area (TPSA) is 60.0 Å². The van der Waals surface area contributed by atoms with Crippen LogP contribution in [0.2, 0.25) is 0 Å². The van der Waals surface area contributed by atoms with Gasteiger partial charge >= 0.3 is 6.18 Å². The molecule has 0 aliphatic heterocycles. The molecule has 0 aliphatic carbocycles. The molecule has 132 valence electrons. The van der Waals surface area contributed by atoms with Gasteiger partial charge in [-0.15, -0.1) is 5.10 Å². The summed E-state index contributed by atoms with van der Waals surface area (Å²) in [4.78, 5) is 0. The van der Waals surface area contributed by atoms with E-state index in [1.165, 1.54) is 37.2 Å². The zero-order valence-electron chi connectivity index (χ0n) is 13.3. The van der Waals surface area contributed by atoms with Crippen LogP contribution in [0.3, 0.4) is 0 Å². The van der Waals surface area contributed by atoms with Gasteiger partial charge in [-0.3, -0.25) is 0 Å². The molecule has 0 atom stereocenters. The number of hydrogen-bond donors (Lipinski definition) is 1. The van der Waals surface area contributed by atoms with E-state index >= 15 is 0 Å². The molecular weight excluding hydrogens is 351 g/mol. The largest absolute Gasteiger partial charge is 0.495 e. The molecule has 0 aromatic heterocycles. The highest BCUT2D eigenvalue weighted by molar-refractivity contribution is 8.13. The smallest absolute Gasteiger partial charge is 0.419 e. The third-order valence-electron chi connectivity index (χ3n) is 3.14. The number of alkyl halides is 3. The van der Waals surface area contributed by atoms with Crippen LogP contribution in [0.15, 0.2) is 58.7 Å². The Kier molecular flexibility index (Phi) is 6.46. The van der Waals surface area contributed by atoms with E-state index in [-0.39, 0.29) is 16.5 Å². The lowest BCUT2D eigenvalue weighted by Gasteiger charge is -2.13. The molecule has 0 saturated carbocycles. The lowest BCUT2D eigenvalue weighted by molar-refractivity contribution is -0.138. The average Bonchev–Trinajstić information content (AvgIpc) is 2.60. The Morgan fingerprint density at radius 2 is 1.88 bits per heavy atom. The number of thioether (sulfide) groups is 1. The maximum absolute atomic E-state index is 13.0. The highest BCUT2D eigenvalue weighted by Crippen LogP contribution is 2.37. The summed E-state index contributed by atoms with van der Waals surface area (Å²) in [5.41, 5.74) is 6.12. The molecule has 2 N–H and O–H groups in total. The van der Waals surface area contributed by atoms with Crippen molar-refractivity contribution >= 4 is 23.1 Å². The summed E-state index contributed by atoms with van der Waals surface area (Å²) < 4.78 is 43.7. The van der Waals surface area contributed by atoms with Gasteiger partial charge < -0.3 is 10.5 Å². The minimum atomic E-state index is -4.51. The molecule has 4 nitrogen and oxygen atoms in total. The van der Waals surface area contributed by atoms with Crippen LogP contribution in [-0.4, -0.2) is 18.5 Å².